The Morgan fingerprint density at radius 2 is 1.97 bits per heavy atom. The number of carbonyl (C=O) groups excluding carboxylic acids is 1. The zero-order valence-corrected chi connectivity index (χ0v) is 18.3. The van der Waals surface area contributed by atoms with Gasteiger partial charge in [-0.3, -0.25) is 4.79 Å². The number of carbonyl (C=O) groups is 1. The minimum atomic E-state index is -4.70. The van der Waals surface area contributed by atoms with Gasteiger partial charge in [0.1, 0.15) is 5.69 Å². The van der Waals surface area contributed by atoms with Crippen molar-refractivity contribution in [3.05, 3.63) is 71.5 Å². The first-order valence-electron chi connectivity index (χ1n) is 10.5. The summed E-state index contributed by atoms with van der Waals surface area (Å²) >= 11 is 0. The van der Waals surface area contributed by atoms with Crippen LogP contribution < -0.4 is 5.32 Å². The lowest BCUT2D eigenvalue weighted by molar-refractivity contribution is -0.138. The minimum absolute atomic E-state index is 0.0844. The summed E-state index contributed by atoms with van der Waals surface area (Å²) in [6.45, 7) is 4.05. The molecule has 1 N–H and O–H groups in total. The van der Waals surface area contributed by atoms with Crippen molar-refractivity contribution in [1.82, 2.24) is 29.9 Å². The Kier molecular flexibility index (Phi) is 6.31. The van der Waals surface area contributed by atoms with Gasteiger partial charge in [0.05, 0.1) is 18.0 Å². The van der Waals surface area contributed by atoms with Gasteiger partial charge in [-0.15, -0.1) is 4.80 Å². The molecule has 8 nitrogen and oxygen atoms in total. The molecule has 1 unspecified atom stereocenters. The van der Waals surface area contributed by atoms with Crippen molar-refractivity contribution in [1.29, 1.82) is 0 Å². The Labute approximate surface area is 192 Å². The maximum Gasteiger partial charge on any atom is 0.417 e. The monoisotopic (exact) mass is 475 g/mol. The van der Waals surface area contributed by atoms with E-state index in [1.54, 1.807) is 19.1 Å². The van der Waals surface area contributed by atoms with Crippen LogP contribution in [0.3, 0.4) is 0 Å². The summed E-state index contributed by atoms with van der Waals surface area (Å²) in [5.41, 5.74) is 0.539. The summed E-state index contributed by atoms with van der Waals surface area (Å²) in [4.78, 5) is 24.4. The topological polar surface area (TPSA) is 88.8 Å². The Morgan fingerprint density at radius 1 is 1.24 bits per heavy atom. The summed E-state index contributed by atoms with van der Waals surface area (Å²) in [6, 6.07) is 3.82. The maximum absolute atomic E-state index is 14.2. The van der Waals surface area contributed by atoms with Gasteiger partial charge >= 0.3 is 6.18 Å². The maximum atomic E-state index is 14.2. The van der Waals surface area contributed by atoms with Gasteiger partial charge < -0.3 is 10.2 Å². The number of amides is 1. The molecule has 1 amide bonds. The van der Waals surface area contributed by atoms with Crippen molar-refractivity contribution in [3.8, 4) is 5.69 Å². The predicted molar refractivity (Wildman–Crippen MR) is 114 cm³/mol. The van der Waals surface area contributed by atoms with Crippen molar-refractivity contribution in [2.45, 2.75) is 32.9 Å². The lowest BCUT2D eigenvalue weighted by Crippen LogP contribution is -2.38. The Morgan fingerprint density at radius 3 is 2.65 bits per heavy atom. The number of aromatic nitrogens is 5. The van der Waals surface area contributed by atoms with Crippen LogP contribution in [0.15, 0.2) is 48.7 Å². The van der Waals surface area contributed by atoms with E-state index in [4.69, 9.17) is 0 Å². The summed E-state index contributed by atoms with van der Waals surface area (Å²) in [5, 5.41) is 10.8. The van der Waals surface area contributed by atoms with Gasteiger partial charge in [-0.2, -0.15) is 23.4 Å². The van der Waals surface area contributed by atoms with Crippen LogP contribution in [0, 0.1) is 18.7 Å². The summed E-state index contributed by atoms with van der Waals surface area (Å²) in [5.74, 6) is -2.00. The molecular formula is C22H21F4N7O. The number of likely N-dealkylation sites (tertiary alicyclic amines) is 1. The number of piperidine rings is 1. The van der Waals surface area contributed by atoms with E-state index in [1.807, 2.05) is 6.92 Å². The third-order valence-corrected chi connectivity index (χ3v) is 5.46. The zero-order chi connectivity index (χ0) is 24.5. The molecule has 0 saturated carbocycles. The van der Waals surface area contributed by atoms with E-state index in [0.29, 0.717) is 35.9 Å². The molecule has 1 fully saturated rings. The predicted octanol–water partition coefficient (Wildman–Crippen LogP) is 4.35. The second kappa shape index (κ2) is 9.20. The highest BCUT2D eigenvalue weighted by atomic mass is 19.4. The largest absolute Gasteiger partial charge is 0.417 e. The Hall–Kier alpha value is -3.83. The van der Waals surface area contributed by atoms with Crippen LogP contribution in [0.4, 0.5) is 23.4 Å². The number of pyridine rings is 2. The number of alkyl halides is 3. The fraction of sp³-hybridized carbons (Fsp3) is 0.318. The highest BCUT2D eigenvalue weighted by Gasteiger charge is 2.33. The van der Waals surface area contributed by atoms with Gasteiger partial charge in [-0.1, -0.05) is 6.92 Å². The highest BCUT2D eigenvalue weighted by molar-refractivity contribution is 5.97. The standard InChI is InChI=1S/C22H21F4N7O/c1-13-4-3-9-32(18(13)12-28-20-16(23)10-15(11-27-20)22(24,25)26)21(34)19-17(6-5-14(2)31-19)33-29-7-8-30-33/h5-8,10-13H,3-4,9H2,1-2H3,(H,27,28)/b18-12+. The first-order chi connectivity index (χ1) is 16.1. The molecule has 3 aromatic heterocycles. The number of halogens is 4. The van der Waals surface area contributed by atoms with Crippen molar-refractivity contribution in [2.75, 3.05) is 11.9 Å². The number of nitrogens with zero attached hydrogens (tertiary/aromatic N) is 6. The van der Waals surface area contributed by atoms with Crippen molar-refractivity contribution < 1.29 is 22.4 Å². The summed E-state index contributed by atoms with van der Waals surface area (Å²) in [6.07, 6.45) is 1.73. The molecular weight excluding hydrogens is 454 g/mol. The van der Waals surface area contributed by atoms with E-state index in [1.165, 1.54) is 28.3 Å². The van der Waals surface area contributed by atoms with Gasteiger partial charge in [0, 0.05) is 30.3 Å². The molecule has 1 aliphatic rings. The fourth-order valence-electron chi connectivity index (χ4n) is 3.72. The lowest BCUT2D eigenvalue weighted by atomic mass is 9.95. The van der Waals surface area contributed by atoms with Crippen molar-refractivity contribution in [3.63, 3.8) is 0 Å². The average molecular weight is 475 g/mol. The van der Waals surface area contributed by atoms with Crippen LogP contribution in [0.25, 0.3) is 5.69 Å². The number of aryl methyl sites for hydroxylation is 1. The molecule has 0 spiro atoms. The number of hydrogen-bond donors (Lipinski definition) is 1. The molecule has 34 heavy (non-hydrogen) atoms. The van der Waals surface area contributed by atoms with Crippen LogP contribution in [-0.2, 0) is 6.18 Å². The van der Waals surface area contributed by atoms with Gasteiger partial charge in [0.25, 0.3) is 5.91 Å². The number of nitrogens with one attached hydrogen (secondary N) is 1. The van der Waals surface area contributed by atoms with Gasteiger partial charge in [0.15, 0.2) is 17.3 Å². The SMILES string of the molecule is Cc1ccc(-n2nccn2)c(C(=O)N2CCCC(C)/C2=C\Nc2ncc(C(F)(F)F)cc2F)n1. The molecule has 0 bridgehead atoms. The van der Waals surface area contributed by atoms with E-state index in [-0.39, 0.29) is 17.4 Å². The number of rotatable bonds is 4. The molecule has 1 atom stereocenters. The molecule has 0 aliphatic carbocycles. The van der Waals surface area contributed by atoms with Gasteiger partial charge in [0.2, 0.25) is 0 Å². The van der Waals surface area contributed by atoms with E-state index in [2.05, 4.69) is 25.5 Å². The number of hydrogen-bond acceptors (Lipinski definition) is 6. The number of allylic oxidation sites excluding steroid dienone is 1. The van der Waals surface area contributed by atoms with Gasteiger partial charge in [-0.05, 0) is 43.9 Å². The molecule has 1 aliphatic heterocycles. The lowest BCUT2D eigenvalue weighted by Gasteiger charge is -2.34. The minimum Gasteiger partial charge on any atom is -0.342 e. The fourth-order valence-corrected chi connectivity index (χ4v) is 3.72. The average Bonchev–Trinajstić information content (AvgIpc) is 3.32. The molecule has 12 heteroatoms. The van der Waals surface area contributed by atoms with Crippen LogP contribution in [0.2, 0.25) is 0 Å². The third-order valence-electron chi connectivity index (χ3n) is 5.46. The van der Waals surface area contributed by atoms with E-state index in [0.717, 1.165) is 12.8 Å². The molecule has 0 aromatic carbocycles. The van der Waals surface area contributed by atoms with Crippen molar-refractivity contribution in [2.24, 2.45) is 5.92 Å². The zero-order valence-electron chi connectivity index (χ0n) is 18.3. The first kappa shape index (κ1) is 23.3. The summed E-state index contributed by atoms with van der Waals surface area (Å²) in [7, 11) is 0. The van der Waals surface area contributed by atoms with Gasteiger partial charge in [-0.25, -0.2) is 14.4 Å². The van der Waals surface area contributed by atoms with Crippen LogP contribution >= 0.6 is 0 Å². The molecule has 0 radical (unpaired) electrons. The second-order valence-corrected chi connectivity index (χ2v) is 7.90. The van der Waals surface area contributed by atoms with E-state index < -0.39 is 23.5 Å². The van der Waals surface area contributed by atoms with E-state index >= 15 is 0 Å². The molecule has 4 heterocycles. The van der Waals surface area contributed by atoms with Crippen LogP contribution in [0.1, 0.15) is 41.5 Å². The smallest absolute Gasteiger partial charge is 0.342 e. The quantitative estimate of drug-likeness (QED) is 0.565. The Balaban J connectivity index is 1.66. The van der Waals surface area contributed by atoms with Crippen molar-refractivity contribution >= 4 is 11.7 Å². The van der Waals surface area contributed by atoms with E-state index in [9.17, 15) is 22.4 Å². The van der Waals surface area contributed by atoms with Crippen LogP contribution in [-0.4, -0.2) is 42.3 Å². The molecule has 4 rings (SSSR count). The summed E-state index contributed by atoms with van der Waals surface area (Å²) < 4.78 is 52.6. The normalized spacial score (nSPS) is 17.8. The first-order valence-corrected chi connectivity index (χ1v) is 10.5. The third kappa shape index (κ3) is 4.75. The Bertz CT molecular complexity index is 1220. The molecule has 178 valence electrons. The molecule has 1 saturated heterocycles. The number of anilines is 1. The van der Waals surface area contributed by atoms with Crippen LogP contribution in [0.5, 0.6) is 0 Å². The highest BCUT2D eigenvalue weighted by Crippen LogP contribution is 2.31. The molecule has 3 aromatic rings. The second-order valence-electron chi connectivity index (χ2n) is 7.90.